The molecule has 0 heterocycles. The molecule has 2 N–H and O–H groups in total. The summed E-state index contributed by atoms with van der Waals surface area (Å²) < 4.78 is 0. The van der Waals surface area contributed by atoms with E-state index in [0.717, 1.165) is 23.1 Å². The number of terminal acetylenes is 1. The van der Waals surface area contributed by atoms with Crippen LogP contribution in [0.4, 0.5) is 5.69 Å². The quantitative estimate of drug-likeness (QED) is 0.549. The van der Waals surface area contributed by atoms with E-state index in [1.54, 1.807) is 0 Å². The number of aryl methyl sites for hydroxylation is 1. The van der Waals surface area contributed by atoms with Gasteiger partial charge in [-0.25, -0.2) is 0 Å². The third-order valence-corrected chi connectivity index (χ3v) is 2.69. The van der Waals surface area contributed by atoms with Gasteiger partial charge in [0.25, 0.3) is 0 Å². The number of hydrogen-bond acceptors (Lipinski definition) is 1. The summed E-state index contributed by atoms with van der Waals surface area (Å²) in [5.74, 6) is 2.64. The van der Waals surface area contributed by atoms with Crippen molar-refractivity contribution in [2.45, 2.75) is 13.3 Å². The molecule has 15 heavy (non-hydrogen) atoms. The zero-order valence-corrected chi connectivity index (χ0v) is 8.75. The van der Waals surface area contributed by atoms with Gasteiger partial charge < -0.3 is 5.73 Å². The van der Waals surface area contributed by atoms with Gasteiger partial charge in [-0.2, -0.15) is 0 Å². The molecule has 1 nitrogen and oxygen atoms in total. The maximum Gasteiger partial charge on any atom is 0.0352 e. The van der Waals surface area contributed by atoms with Crippen molar-refractivity contribution in [3.8, 4) is 12.3 Å². The fraction of sp³-hybridized carbons (Fsp3) is 0.143. The Hall–Kier alpha value is -1.94. The minimum Gasteiger partial charge on any atom is -0.398 e. The molecular formula is C14H13N. The normalized spacial score (nSPS) is 10.1. The molecule has 0 aliphatic rings. The monoisotopic (exact) mass is 195 g/mol. The fourth-order valence-corrected chi connectivity index (χ4v) is 1.90. The van der Waals surface area contributed by atoms with Gasteiger partial charge in [0.05, 0.1) is 0 Å². The van der Waals surface area contributed by atoms with Gasteiger partial charge in [-0.3, -0.25) is 0 Å². The topological polar surface area (TPSA) is 26.0 Å². The molecule has 0 amide bonds. The van der Waals surface area contributed by atoms with E-state index in [1.807, 2.05) is 24.3 Å². The van der Waals surface area contributed by atoms with Crippen molar-refractivity contribution < 1.29 is 0 Å². The number of hydrogen-bond donors (Lipinski definition) is 1. The lowest BCUT2D eigenvalue weighted by Crippen LogP contribution is -1.94. The summed E-state index contributed by atoms with van der Waals surface area (Å²) in [6, 6.07) is 10.0. The minimum absolute atomic E-state index is 0.860. The lowest BCUT2D eigenvalue weighted by molar-refractivity contribution is 1.16. The summed E-state index contributed by atoms with van der Waals surface area (Å²) in [6.45, 7) is 2.11. The standard InChI is InChI=1S/C14H13N/c1-3-10-5-7-13-11(9-10)6-8-14(15)12(13)4-2/h1,5-9H,4,15H2,2H3. The predicted octanol–water partition coefficient (Wildman–Crippen LogP) is 2.97. The molecule has 0 aromatic heterocycles. The molecule has 0 radical (unpaired) electrons. The molecule has 0 atom stereocenters. The van der Waals surface area contributed by atoms with Crippen LogP contribution in [-0.4, -0.2) is 0 Å². The Morgan fingerprint density at radius 2 is 2.07 bits per heavy atom. The minimum atomic E-state index is 0.860. The fourth-order valence-electron chi connectivity index (χ4n) is 1.90. The number of rotatable bonds is 1. The Morgan fingerprint density at radius 3 is 2.73 bits per heavy atom. The number of nitrogen functional groups attached to an aromatic ring is 1. The van der Waals surface area contributed by atoms with Crippen LogP contribution in [0, 0.1) is 12.3 Å². The van der Waals surface area contributed by atoms with Crippen molar-refractivity contribution in [3.05, 3.63) is 41.5 Å². The highest BCUT2D eigenvalue weighted by Crippen LogP contribution is 2.25. The smallest absolute Gasteiger partial charge is 0.0352 e. The second-order valence-corrected chi connectivity index (χ2v) is 3.57. The predicted molar refractivity (Wildman–Crippen MR) is 65.7 cm³/mol. The van der Waals surface area contributed by atoms with Crippen LogP contribution >= 0.6 is 0 Å². The van der Waals surface area contributed by atoms with Crippen molar-refractivity contribution in [1.29, 1.82) is 0 Å². The first kappa shape index (κ1) is 9.61. The molecule has 0 aliphatic carbocycles. The number of anilines is 1. The Balaban J connectivity index is 2.79. The lowest BCUT2D eigenvalue weighted by Gasteiger charge is -2.08. The van der Waals surface area contributed by atoms with Gasteiger partial charge in [0.2, 0.25) is 0 Å². The van der Waals surface area contributed by atoms with Crippen LogP contribution in [-0.2, 0) is 6.42 Å². The van der Waals surface area contributed by atoms with E-state index in [4.69, 9.17) is 12.2 Å². The molecule has 1 heteroatoms. The molecule has 2 rings (SSSR count). The summed E-state index contributed by atoms with van der Waals surface area (Å²) in [4.78, 5) is 0. The van der Waals surface area contributed by atoms with E-state index in [-0.39, 0.29) is 0 Å². The number of fused-ring (bicyclic) bond motifs is 1. The average Bonchev–Trinajstić information content (AvgIpc) is 2.28. The summed E-state index contributed by atoms with van der Waals surface area (Å²) in [5, 5.41) is 2.37. The zero-order valence-electron chi connectivity index (χ0n) is 8.75. The molecule has 74 valence electrons. The second kappa shape index (κ2) is 3.67. The van der Waals surface area contributed by atoms with Crippen LogP contribution in [0.15, 0.2) is 30.3 Å². The highest BCUT2D eigenvalue weighted by atomic mass is 14.6. The number of nitrogens with two attached hydrogens (primary N) is 1. The van der Waals surface area contributed by atoms with E-state index in [0.29, 0.717) is 0 Å². The first-order valence-electron chi connectivity index (χ1n) is 5.04. The van der Waals surface area contributed by atoms with Crippen molar-refractivity contribution in [1.82, 2.24) is 0 Å². The van der Waals surface area contributed by atoms with Crippen molar-refractivity contribution in [2.75, 3.05) is 5.73 Å². The Bertz CT molecular complexity index is 547. The van der Waals surface area contributed by atoms with Gasteiger partial charge in [-0.05, 0) is 41.0 Å². The van der Waals surface area contributed by atoms with Crippen LogP contribution in [0.1, 0.15) is 18.1 Å². The van der Waals surface area contributed by atoms with Crippen LogP contribution in [0.5, 0.6) is 0 Å². The van der Waals surface area contributed by atoms with Crippen LogP contribution < -0.4 is 5.73 Å². The maximum absolute atomic E-state index is 5.93. The van der Waals surface area contributed by atoms with Crippen molar-refractivity contribution >= 4 is 16.5 Å². The van der Waals surface area contributed by atoms with Gasteiger partial charge in [0, 0.05) is 11.3 Å². The first-order chi connectivity index (χ1) is 7.26. The van der Waals surface area contributed by atoms with Gasteiger partial charge in [-0.1, -0.05) is 25.0 Å². The first-order valence-corrected chi connectivity index (χ1v) is 5.04. The zero-order chi connectivity index (χ0) is 10.8. The molecule has 2 aromatic rings. The van der Waals surface area contributed by atoms with E-state index < -0.39 is 0 Å². The van der Waals surface area contributed by atoms with Gasteiger partial charge in [0.1, 0.15) is 0 Å². The maximum atomic E-state index is 5.93. The molecule has 0 unspecified atom stereocenters. The SMILES string of the molecule is C#Cc1ccc2c(CC)c(N)ccc2c1. The highest BCUT2D eigenvalue weighted by molar-refractivity contribution is 5.90. The molecule has 0 bridgehead atoms. The van der Waals surface area contributed by atoms with E-state index in [2.05, 4.69) is 18.9 Å². The molecular weight excluding hydrogens is 182 g/mol. The molecule has 0 spiro atoms. The summed E-state index contributed by atoms with van der Waals surface area (Å²) in [6.07, 6.45) is 6.31. The Morgan fingerprint density at radius 1 is 1.27 bits per heavy atom. The van der Waals surface area contributed by atoms with Crippen LogP contribution in [0.25, 0.3) is 10.8 Å². The third kappa shape index (κ3) is 1.55. The molecule has 2 aromatic carbocycles. The van der Waals surface area contributed by atoms with Crippen molar-refractivity contribution in [2.24, 2.45) is 0 Å². The van der Waals surface area contributed by atoms with E-state index >= 15 is 0 Å². The highest BCUT2D eigenvalue weighted by Gasteiger charge is 2.03. The van der Waals surface area contributed by atoms with E-state index in [9.17, 15) is 0 Å². The van der Waals surface area contributed by atoms with Crippen molar-refractivity contribution in [3.63, 3.8) is 0 Å². The van der Waals surface area contributed by atoms with Gasteiger partial charge >= 0.3 is 0 Å². The summed E-state index contributed by atoms with van der Waals surface area (Å²) in [5.41, 5.74) is 8.90. The third-order valence-electron chi connectivity index (χ3n) is 2.69. The Kier molecular flexibility index (Phi) is 2.35. The van der Waals surface area contributed by atoms with Gasteiger partial charge in [-0.15, -0.1) is 6.42 Å². The summed E-state index contributed by atoms with van der Waals surface area (Å²) >= 11 is 0. The molecule has 0 saturated heterocycles. The summed E-state index contributed by atoms with van der Waals surface area (Å²) in [7, 11) is 0. The average molecular weight is 195 g/mol. The van der Waals surface area contributed by atoms with E-state index in [1.165, 1.54) is 10.9 Å². The van der Waals surface area contributed by atoms with Crippen LogP contribution in [0.2, 0.25) is 0 Å². The van der Waals surface area contributed by atoms with Crippen LogP contribution in [0.3, 0.4) is 0 Å². The second-order valence-electron chi connectivity index (χ2n) is 3.57. The molecule has 0 saturated carbocycles. The number of benzene rings is 2. The largest absolute Gasteiger partial charge is 0.398 e. The molecule has 0 aliphatic heterocycles. The molecule has 0 fully saturated rings. The Labute approximate surface area is 89.9 Å². The lowest BCUT2D eigenvalue weighted by atomic mass is 9.99. The van der Waals surface area contributed by atoms with Gasteiger partial charge in [0.15, 0.2) is 0 Å².